The number of hydrogen-bond acceptors (Lipinski definition) is 4. The maximum absolute atomic E-state index is 11.9. The van der Waals surface area contributed by atoms with Crippen molar-refractivity contribution >= 4 is 10.0 Å². The van der Waals surface area contributed by atoms with Crippen molar-refractivity contribution in [1.29, 1.82) is 0 Å². The van der Waals surface area contributed by atoms with E-state index in [0.717, 1.165) is 45.6 Å². The van der Waals surface area contributed by atoms with Crippen LogP contribution in [0.15, 0.2) is 0 Å². The van der Waals surface area contributed by atoms with Crippen LogP contribution in [0.25, 0.3) is 0 Å². The summed E-state index contributed by atoms with van der Waals surface area (Å²) in [5.41, 5.74) is 0.0474. The number of sulfonamides is 1. The second kappa shape index (κ2) is 8.19. The molecule has 114 valence electrons. The fourth-order valence-corrected chi connectivity index (χ4v) is 3.32. The molecule has 0 spiro atoms. The molecule has 1 rings (SSSR count). The topological polar surface area (TPSA) is 67.4 Å². The van der Waals surface area contributed by atoms with E-state index in [0.29, 0.717) is 13.0 Å². The van der Waals surface area contributed by atoms with Crippen LogP contribution in [0.4, 0.5) is 0 Å². The van der Waals surface area contributed by atoms with Gasteiger partial charge in [0.05, 0.1) is 5.75 Å². The standard InChI is InChI=1S/C13H28N2O3S/c1-3-7-14-8-4-11-19(16,17)15-12-13(2)5-9-18-10-6-13/h14-15H,3-12H2,1-2H3. The molecule has 0 aliphatic carbocycles. The Labute approximate surface area is 117 Å². The van der Waals surface area contributed by atoms with E-state index in [1.54, 1.807) is 0 Å². The lowest BCUT2D eigenvalue weighted by Crippen LogP contribution is -2.40. The van der Waals surface area contributed by atoms with Gasteiger partial charge in [0.15, 0.2) is 0 Å². The summed E-state index contributed by atoms with van der Waals surface area (Å²) < 4.78 is 31.8. The van der Waals surface area contributed by atoms with Gasteiger partial charge in [0.2, 0.25) is 10.0 Å². The minimum absolute atomic E-state index is 0.0474. The zero-order chi connectivity index (χ0) is 14.2. The molecule has 0 atom stereocenters. The summed E-state index contributed by atoms with van der Waals surface area (Å²) >= 11 is 0. The van der Waals surface area contributed by atoms with Crippen LogP contribution >= 0.6 is 0 Å². The van der Waals surface area contributed by atoms with Crippen LogP contribution < -0.4 is 10.0 Å². The first-order chi connectivity index (χ1) is 8.97. The van der Waals surface area contributed by atoms with E-state index in [9.17, 15) is 8.42 Å². The monoisotopic (exact) mass is 292 g/mol. The number of ether oxygens (including phenoxy) is 1. The Bertz CT molecular complexity index is 338. The lowest BCUT2D eigenvalue weighted by Gasteiger charge is -2.33. The van der Waals surface area contributed by atoms with Crippen molar-refractivity contribution in [2.24, 2.45) is 5.41 Å². The third kappa shape index (κ3) is 7.25. The maximum Gasteiger partial charge on any atom is 0.211 e. The molecule has 1 saturated heterocycles. The van der Waals surface area contributed by atoms with Crippen molar-refractivity contribution in [1.82, 2.24) is 10.0 Å². The summed E-state index contributed by atoms with van der Waals surface area (Å²) in [6, 6.07) is 0. The molecule has 0 radical (unpaired) electrons. The minimum atomic E-state index is -3.14. The highest BCUT2D eigenvalue weighted by atomic mass is 32.2. The third-order valence-electron chi connectivity index (χ3n) is 3.61. The summed E-state index contributed by atoms with van der Waals surface area (Å²) in [4.78, 5) is 0. The smallest absolute Gasteiger partial charge is 0.211 e. The fourth-order valence-electron chi connectivity index (χ4n) is 2.09. The van der Waals surface area contributed by atoms with Crippen molar-refractivity contribution in [3.63, 3.8) is 0 Å². The van der Waals surface area contributed by atoms with Crippen molar-refractivity contribution < 1.29 is 13.2 Å². The van der Waals surface area contributed by atoms with E-state index < -0.39 is 10.0 Å². The zero-order valence-electron chi connectivity index (χ0n) is 12.2. The molecule has 0 bridgehead atoms. The Kier molecular flexibility index (Phi) is 7.28. The quantitative estimate of drug-likeness (QED) is 0.625. The number of nitrogens with one attached hydrogen (secondary N) is 2. The number of hydrogen-bond donors (Lipinski definition) is 2. The molecular weight excluding hydrogens is 264 g/mol. The largest absolute Gasteiger partial charge is 0.381 e. The summed E-state index contributed by atoms with van der Waals surface area (Å²) in [6.07, 6.45) is 3.59. The van der Waals surface area contributed by atoms with Gasteiger partial charge in [-0.1, -0.05) is 13.8 Å². The van der Waals surface area contributed by atoms with Gasteiger partial charge in [-0.25, -0.2) is 13.1 Å². The SMILES string of the molecule is CCCNCCCS(=O)(=O)NCC1(C)CCOCC1. The highest BCUT2D eigenvalue weighted by molar-refractivity contribution is 7.89. The molecule has 0 aromatic heterocycles. The normalized spacial score (nSPS) is 19.5. The highest BCUT2D eigenvalue weighted by Crippen LogP contribution is 2.28. The molecule has 1 aliphatic rings. The van der Waals surface area contributed by atoms with Gasteiger partial charge >= 0.3 is 0 Å². The molecule has 0 saturated carbocycles. The minimum Gasteiger partial charge on any atom is -0.381 e. The summed E-state index contributed by atoms with van der Waals surface area (Å²) in [6.45, 7) is 7.94. The Morgan fingerprint density at radius 3 is 2.53 bits per heavy atom. The van der Waals surface area contributed by atoms with Crippen LogP contribution in [0.3, 0.4) is 0 Å². The first kappa shape index (κ1) is 16.9. The second-order valence-corrected chi connectivity index (χ2v) is 7.59. The van der Waals surface area contributed by atoms with Gasteiger partial charge < -0.3 is 10.1 Å². The van der Waals surface area contributed by atoms with Crippen molar-refractivity contribution in [3.05, 3.63) is 0 Å². The van der Waals surface area contributed by atoms with E-state index in [4.69, 9.17) is 4.74 Å². The summed E-state index contributed by atoms with van der Waals surface area (Å²) in [5, 5.41) is 3.21. The Morgan fingerprint density at radius 2 is 1.89 bits per heavy atom. The molecule has 19 heavy (non-hydrogen) atoms. The van der Waals surface area contributed by atoms with Crippen molar-refractivity contribution in [2.45, 2.75) is 39.5 Å². The molecule has 0 aromatic carbocycles. The Morgan fingerprint density at radius 1 is 1.21 bits per heavy atom. The average Bonchev–Trinajstić information content (AvgIpc) is 2.38. The Balaban J connectivity index is 2.22. The fraction of sp³-hybridized carbons (Fsp3) is 1.00. The molecule has 1 heterocycles. The molecule has 6 heteroatoms. The molecule has 1 fully saturated rings. The van der Waals surface area contributed by atoms with Crippen LogP contribution in [-0.2, 0) is 14.8 Å². The summed E-state index contributed by atoms with van der Waals surface area (Å²) in [7, 11) is -3.14. The van der Waals surface area contributed by atoms with E-state index in [1.807, 2.05) is 0 Å². The molecule has 0 aromatic rings. The van der Waals surface area contributed by atoms with Gasteiger partial charge in [0.25, 0.3) is 0 Å². The maximum atomic E-state index is 11.9. The molecule has 0 unspecified atom stereocenters. The zero-order valence-corrected chi connectivity index (χ0v) is 13.0. The van der Waals surface area contributed by atoms with Crippen LogP contribution in [0.1, 0.15) is 39.5 Å². The first-order valence-corrected chi connectivity index (χ1v) is 8.88. The predicted octanol–water partition coefficient (Wildman–Crippen LogP) is 1.11. The lowest BCUT2D eigenvalue weighted by atomic mass is 9.83. The van der Waals surface area contributed by atoms with Gasteiger partial charge in [-0.3, -0.25) is 0 Å². The van der Waals surface area contributed by atoms with E-state index >= 15 is 0 Å². The highest BCUT2D eigenvalue weighted by Gasteiger charge is 2.28. The van der Waals surface area contributed by atoms with Crippen molar-refractivity contribution in [2.75, 3.05) is 38.6 Å². The van der Waals surface area contributed by atoms with Gasteiger partial charge in [0, 0.05) is 19.8 Å². The van der Waals surface area contributed by atoms with Gasteiger partial charge in [-0.2, -0.15) is 0 Å². The predicted molar refractivity (Wildman–Crippen MR) is 77.7 cm³/mol. The first-order valence-electron chi connectivity index (χ1n) is 7.23. The van der Waals surface area contributed by atoms with Crippen LogP contribution in [-0.4, -0.2) is 47.0 Å². The molecule has 5 nitrogen and oxygen atoms in total. The van der Waals surface area contributed by atoms with Crippen molar-refractivity contribution in [3.8, 4) is 0 Å². The van der Waals surface area contributed by atoms with Crippen LogP contribution in [0.2, 0.25) is 0 Å². The molecular formula is C13H28N2O3S. The van der Waals surface area contributed by atoms with Gasteiger partial charge in [0.1, 0.15) is 0 Å². The lowest BCUT2D eigenvalue weighted by molar-refractivity contribution is 0.0265. The van der Waals surface area contributed by atoms with E-state index in [2.05, 4.69) is 23.9 Å². The Hall–Kier alpha value is -0.170. The summed E-state index contributed by atoms with van der Waals surface area (Å²) in [5.74, 6) is 0.205. The molecule has 1 aliphatic heterocycles. The molecule has 2 N–H and O–H groups in total. The van der Waals surface area contributed by atoms with E-state index in [-0.39, 0.29) is 11.2 Å². The van der Waals surface area contributed by atoms with Gasteiger partial charge in [-0.05, 0) is 44.2 Å². The van der Waals surface area contributed by atoms with E-state index in [1.165, 1.54) is 0 Å². The average molecular weight is 292 g/mol. The third-order valence-corrected chi connectivity index (χ3v) is 5.02. The van der Waals surface area contributed by atoms with Crippen LogP contribution in [0, 0.1) is 5.41 Å². The van der Waals surface area contributed by atoms with Crippen LogP contribution in [0.5, 0.6) is 0 Å². The second-order valence-electron chi connectivity index (χ2n) is 5.67. The number of rotatable bonds is 9. The molecule has 0 amide bonds. The van der Waals surface area contributed by atoms with Gasteiger partial charge in [-0.15, -0.1) is 0 Å².